The van der Waals surface area contributed by atoms with Crippen LogP contribution in [-0.4, -0.2) is 40.1 Å². The van der Waals surface area contributed by atoms with E-state index in [-0.39, 0.29) is 11.8 Å². The normalized spacial score (nSPS) is 21.8. The third kappa shape index (κ3) is 3.36. The summed E-state index contributed by atoms with van der Waals surface area (Å²) in [7, 11) is 0. The summed E-state index contributed by atoms with van der Waals surface area (Å²) in [5.41, 5.74) is 1.69. The first-order chi connectivity index (χ1) is 10.6. The van der Waals surface area contributed by atoms with Crippen LogP contribution in [0.1, 0.15) is 34.4 Å². The number of benzene rings is 1. The Morgan fingerprint density at radius 2 is 2.18 bits per heavy atom. The van der Waals surface area contributed by atoms with Crippen LogP contribution < -0.4 is 0 Å². The maximum Gasteiger partial charge on any atom is 0.273 e. The van der Waals surface area contributed by atoms with Gasteiger partial charge < -0.3 is 10.0 Å². The average molecular weight is 316 g/mol. The summed E-state index contributed by atoms with van der Waals surface area (Å²) in [6.07, 6.45) is 1.16. The molecule has 1 amide bonds. The molecule has 0 spiro atoms. The van der Waals surface area contributed by atoms with Crippen LogP contribution in [0, 0.1) is 5.92 Å². The SMILES string of the molecule is C[C@H]1CCN(C(=O)c2csc(Cc3ccccc3)n2)C[C@H]1O. The summed E-state index contributed by atoms with van der Waals surface area (Å²) >= 11 is 1.52. The molecule has 4 nitrogen and oxygen atoms in total. The van der Waals surface area contributed by atoms with E-state index < -0.39 is 6.10 Å². The Morgan fingerprint density at radius 3 is 2.91 bits per heavy atom. The Labute approximate surface area is 134 Å². The quantitative estimate of drug-likeness (QED) is 0.947. The van der Waals surface area contributed by atoms with Crippen molar-refractivity contribution < 1.29 is 9.90 Å². The van der Waals surface area contributed by atoms with Gasteiger partial charge in [-0.05, 0) is 17.9 Å². The smallest absolute Gasteiger partial charge is 0.273 e. The van der Waals surface area contributed by atoms with Gasteiger partial charge in [0.1, 0.15) is 5.69 Å². The number of carbonyl (C=O) groups excluding carboxylic acids is 1. The highest BCUT2D eigenvalue weighted by Crippen LogP contribution is 2.21. The van der Waals surface area contributed by atoms with E-state index in [4.69, 9.17) is 0 Å². The van der Waals surface area contributed by atoms with E-state index in [0.29, 0.717) is 18.8 Å². The maximum absolute atomic E-state index is 12.5. The summed E-state index contributed by atoms with van der Waals surface area (Å²) in [5.74, 6) is 0.189. The van der Waals surface area contributed by atoms with Gasteiger partial charge in [0.25, 0.3) is 5.91 Å². The number of piperidine rings is 1. The Balaban J connectivity index is 1.67. The van der Waals surface area contributed by atoms with Crippen molar-refractivity contribution >= 4 is 17.2 Å². The number of aliphatic hydroxyl groups excluding tert-OH is 1. The monoisotopic (exact) mass is 316 g/mol. The van der Waals surface area contributed by atoms with E-state index in [9.17, 15) is 9.90 Å². The van der Waals surface area contributed by atoms with Crippen molar-refractivity contribution in [3.05, 3.63) is 52.0 Å². The van der Waals surface area contributed by atoms with Crippen LogP contribution in [0.4, 0.5) is 0 Å². The number of aliphatic hydroxyl groups is 1. The number of rotatable bonds is 3. The van der Waals surface area contributed by atoms with Crippen LogP contribution in [-0.2, 0) is 6.42 Å². The zero-order valence-corrected chi connectivity index (χ0v) is 13.4. The van der Waals surface area contributed by atoms with E-state index in [1.165, 1.54) is 16.9 Å². The molecular formula is C17H20N2O2S. The Kier molecular flexibility index (Phi) is 4.55. The van der Waals surface area contributed by atoms with Crippen LogP contribution in [0.5, 0.6) is 0 Å². The molecule has 0 bridgehead atoms. The lowest BCUT2D eigenvalue weighted by Crippen LogP contribution is -2.45. The Hall–Kier alpha value is -1.72. The fourth-order valence-corrected chi connectivity index (χ4v) is 3.46. The van der Waals surface area contributed by atoms with Gasteiger partial charge in [0, 0.05) is 24.9 Å². The van der Waals surface area contributed by atoms with Crippen LogP contribution in [0.25, 0.3) is 0 Å². The van der Waals surface area contributed by atoms with Crippen molar-refractivity contribution in [2.24, 2.45) is 5.92 Å². The minimum atomic E-state index is -0.430. The number of amides is 1. The van der Waals surface area contributed by atoms with E-state index >= 15 is 0 Å². The number of thiazole rings is 1. The molecule has 0 radical (unpaired) electrons. The largest absolute Gasteiger partial charge is 0.391 e. The lowest BCUT2D eigenvalue weighted by atomic mass is 9.96. The first-order valence-electron chi connectivity index (χ1n) is 7.59. The van der Waals surface area contributed by atoms with Gasteiger partial charge in [-0.3, -0.25) is 4.79 Å². The number of nitrogens with zero attached hydrogens (tertiary/aromatic N) is 2. The molecule has 3 rings (SSSR count). The van der Waals surface area contributed by atoms with Crippen LogP contribution in [0.2, 0.25) is 0 Å². The van der Waals surface area contributed by atoms with Gasteiger partial charge in [-0.1, -0.05) is 37.3 Å². The maximum atomic E-state index is 12.5. The molecule has 0 aliphatic carbocycles. The van der Waals surface area contributed by atoms with Crippen molar-refractivity contribution in [3.63, 3.8) is 0 Å². The summed E-state index contributed by atoms with van der Waals surface area (Å²) in [4.78, 5) is 18.7. The minimum absolute atomic E-state index is 0.0680. The second-order valence-corrected chi connectivity index (χ2v) is 6.82. The molecule has 1 aliphatic rings. The third-order valence-electron chi connectivity index (χ3n) is 4.17. The standard InChI is InChI=1S/C17H20N2O2S/c1-12-7-8-19(10-15(12)20)17(21)14-11-22-16(18-14)9-13-5-3-2-4-6-13/h2-6,11-12,15,20H,7-10H2,1H3/t12-,15+/m0/s1. The highest BCUT2D eigenvalue weighted by molar-refractivity contribution is 7.09. The Bertz CT molecular complexity index is 641. The van der Waals surface area contributed by atoms with E-state index in [2.05, 4.69) is 17.1 Å². The molecule has 22 heavy (non-hydrogen) atoms. The fourth-order valence-electron chi connectivity index (χ4n) is 2.66. The molecule has 2 heterocycles. The summed E-state index contributed by atoms with van der Waals surface area (Å²) < 4.78 is 0. The predicted molar refractivity (Wildman–Crippen MR) is 87.1 cm³/mol. The molecule has 1 saturated heterocycles. The number of β-amino-alcohol motifs (C(OH)–C–C–N with tert-alkyl or cyclic N) is 1. The predicted octanol–water partition coefficient (Wildman–Crippen LogP) is 2.58. The molecule has 116 valence electrons. The number of carbonyl (C=O) groups is 1. The molecule has 0 saturated carbocycles. The molecule has 1 aromatic heterocycles. The van der Waals surface area contributed by atoms with Gasteiger partial charge >= 0.3 is 0 Å². The molecule has 1 aromatic carbocycles. The van der Waals surface area contributed by atoms with Crippen molar-refractivity contribution in [1.82, 2.24) is 9.88 Å². The van der Waals surface area contributed by atoms with Gasteiger partial charge in [0.15, 0.2) is 0 Å². The lowest BCUT2D eigenvalue weighted by molar-refractivity contribution is 0.0245. The second kappa shape index (κ2) is 6.58. The zero-order valence-electron chi connectivity index (χ0n) is 12.6. The first kappa shape index (κ1) is 15.2. The zero-order chi connectivity index (χ0) is 15.5. The fraction of sp³-hybridized carbons (Fsp3) is 0.412. The van der Waals surface area contributed by atoms with Gasteiger partial charge in [0.05, 0.1) is 11.1 Å². The van der Waals surface area contributed by atoms with Gasteiger partial charge in [-0.2, -0.15) is 0 Å². The first-order valence-corrected chi connectivity index (χ1v) is 8.47. The molecule has 2 aromatic rings. The molecule has 1 N–H and O–H groups in total. The van der Waals surface area contributed by atoms with Gasteiger partial charge in [-0.15, -0.1) is 11.3 Å². The Morgan fingerprint density at radius 1 is 1.41 bits per heavy atom. The van der Waals surface area contributed by atoms with E-state index in [1.807, 2.05) is 30.5 Å². The molecule has 2 atom stereocenters. The number of likely N-dealkylation sites (tertiary alicyclic amines) is 1. The number of aromatic nitrogens is 1. The molecule has 0 unspecified atom stereocenters. The van der Waals surface area contributed by atoms with Crippen LogP contribution >= 0.6 is 11.3 Å². The van der Waals surface area contributed by atoms with Crippen molar-refractivity contribution in [2.75, 3.05) is 13.1 Å². The highest BCUT2D eigenvalue weighted by Gasteiger charge is 2.28. The van der Waals surface area contributed by atoms with E-state index in [0.717, 1.165) is 17.8 Å². The van der Waals surface area contributed by atoms with Gasteiger partial charge in [-0.25, -0.2) is 4.98 Å². The second-order valence-electron chi connectivity index (χ2n) is 5.87. The third-order valence-corrected chi connectivity index (χ3v) is 5.02. The summed E-state index contributed by atoms with van der Waals surface area (Å²) in [5, 5.41) is 12.7. The molecule has 1 fully saturated rings. The summed E-state index contributed by atoms with van der Waals surface area (Å²) in [6, 6.07) is 10.1. The van der Waals surface area contributed by atoms with Crippen LogP contribution in [0.3, 0.4) is 0 Å². The molecule has 1 aliphatic heterocycles. The molecular weight excluding hydrogens is 296 g/mol. The number of hydrogen-bond acceptors (Lipinski definition) is 4. The van der Waals surface area contributed by atoms with Crippen LogP contribution in [0.15, 0.2) is 35.7 Å². The number of hydrogen-bond donors (Lipinski definition) is 1. The van der Waals surface area contributed by atoms with Crippen molar-refractivity contribution in [1.29, 1.82) is 0 Å². The minimum Gasteiger partial charge on any atom is -0.391 e. The van der Waals surface area contributed by atoms with Crippen molar-refractivity contribution in [3.8, 4) is 0 Å². The molecule has 5 heteroatoms. The topological polar surface area (TPSA) is 53.4 Å². The average Bonchev–Trinajstić information content (AvgIpc) is 2.99. The van der Waals surface area contributed by atoms with Gasteiger partial charge in [0.2, 0.25) is 0 Å². The van der Waals surface area contributed by atoms with Crippen molar-refractivity contribution in [2.45, 2.75) is 25.9 Å². The summed E-state index contributed by atoms with van der Waals surface area (Å²) in [6.45, 7) is 3.13. The lowest BCUT2D eigenvalue weighted by Gasteiger charge is -2.33. The van der Waals surface area contributed by atoms with E-state index in [1.54, 1.807) is 4.90 Å². The highest BCUT2D eigenvalue weighted by atomic mass is 32.1.